The fourth-order valence-electron chi connectivity index (χ4n) is 2.83. The summed E-state index contributed by atoms with van der Waals surface area (Å²) in [5.41, 5.74) is 2.03. The number of halogens is 1. The molecule has 0 fully saturated rings. The summed E-state index contributed by atoms with van der Waals surface area (Å²) in [7, 11) is 0.459. The van der Waals surface area contributed by atoms with Crippen LogP contribution in [0.5, 0.6) is 5.75 Å². The fraction of sp³-hybridized carbons (Fsp3) is 0.364. The molecule has 0 radical (unpaired) electrons. The van der Waals surface area contributed by atoms with Gasteiger partial charge >= 0.3 is 0 Å². The van der Waals surface area contributed by atoms with E-state index in [9.17, 15) is 18.0 Å². The van der Waals surface area contributed by atoms with Gasteiger partial charge in [-0.15, -0.1) is 0 Å². The van der Waals surface area contributed by atoms with E-state index in [2.05, 4.69) is 10.0 Å². The normalized spacial score (nSPS) is 11.2. The molecule has 0 spiro atoms. The van der Waals surface area contributed by atoms with E-state index in [-0.39, 0.29) is 41.8 Å². The minimum Gasteiger partial charge on any atom is -1.00 e. The number of ether oxygens (including phenoxy) is 1. The minimum absolute atomic E-state index is 0. The second-order valence-corrected chi connectivity index (χ2v) is 9.89. The summed E-state index contributed by atoms with van der Waals surface area (Å²) in [6, 6.07) is 13.8. The standard InChI is InChI=1S/C22H29N3O5S.BrH/c1-17-5-11-20(12-6-17)30-16-22(27)23-13-14-25(2,3)15-21(26)18-7-9-19(10-8-18)24-31(4,28)29;/h5-12H,13-16H2,1-4H3,(H-,23,24,26,27);1H. The van der Waals surface area contributed by atoms with Crippen molar-refractivity contribution in [3.63, 3.8) is 0 Å². The molecule has 0 aliphatic rings. The van der Waals surface area contributed by atoms with Crippen LogP contribution in [-0.2, 0) is 14.8 Å². The molecular weight excluding hydrogens is 498 g/mol. The van der Waals surface area contributed by atoms with Crippen molar-refractivity contribution in [3.8, 4) is 5.75 Å². The minimum atomic E-state index is -3.36. The molecule has 32 heavy (non-hydrogen) atoms. The number of Topliss-reactive ketones (excluding diaryl/α,β-unsaturated/α-hetero) is 1. The Balaban J connectivity index is 0.00000512. The summed E-state index contributed by atoms with van der Waals surface area (Å²) < 4.78 is 30.7. The fourth-order valence-corrected chi connectivity index (χ4v) is 3.39. The van der Waals surface area contributed by atoms with Gasteiger partial charge in [0.2, 0.25) is 15.8 Å². The van der Waals surface area contributed by atoms with Crippen LogP contribution in [-0.4, -0.2) is 71.2 Å². The topological polar surface area (TPSA) is 102 Å². The zero-order valence-electron chi connectivity index (χ0n) is 18.7. The molecule has 2 rings (SSSR count). The third kappa shape index (κ3) is 10.3. The molecule has 0 saturated carbocycles. The smallest absolute Gasteiger partial charge is 0.258 e. The van der Waals surface area contributed by atoms with Gasteiger partial charge in [-0.25, -0.2) is 8.42 Å². The molecule has 0 aromatic heterocycles. The lowest BCUT2D eigenvalue weighted by molar-refractivity contribution is -0.880. The summed E-state index contributed by atoms with van der Waals surface area (Å²) in [5, 5.41) is 2.81. The number of hydrogen-bond acceptors (Lipinski definition) is 5. The van der Waals surface area contributed by atoms with Gasteiger partial charge in [0, 0.05) is 11.3 Å². The molecule has 0 saturated heterocycles. The number of quaternary nitrogens is 1. The SMILES string of the molecule is Cc1ccc(OCC(=O)NCC[N+](C)(C)CC(=O)c2ccc(NS(C)(=O)=O)cc2)cc1.[Br-]. The second-order valence-electron chi connectivity index (χ2n) is 8.14. The zero-order chi connectivity index (χ0) is 23.1. The highest BCUT2D eigenvalue weighted by Crippen LogP contribution is 2.13. The Morgan fingerprint density at radius 2 is 1.59 bits per heavy atom. The molecular formula is C22H30BrN3O5S. The van der Waals surface area contributed by atoms with Gasteiger partial charge in [0.05, 0.1) is 33.4 Å². The molecule has 0 atom stereocenters. The van der Waals surface area contributed by atoms with Crippen LogP contribution in [0.25, 0.3) is 0 Å². The number of amides is 1. The number of nitrogens with one attached hydrogen (secondary N) is 2. The van der Waals surface area contributed by atoms with Gasteiger partial charge < -0.3 is 31.5 Å². The lowest BCUT2D eigenvalue weighted by Crippen LogP contribution is -3.00. The Kier molecular flexibility index (Phi) is 10.3. The first-order chi connectivity index (χ1) is 14.4. The number of nitrogens with zero attached hydrogens (tertiary/aromatic N) is 1. The summed E-state index contributed by atoms with van der Waals surface area (Å²) >= 11 is 0. The Morgan fingerprint density at radius 3 is 2.16 bits per heavy atom. The molecule has 2 aromatic rings. The van der Waals surface area contributed by atoms with Crippen molar-refractivity contribution in [3.05, 3.63) is 59.7 Å². The summed E-state index contributed by atoms with van der Waals surface area (Å²) in [6.45, 7) is 3.13. The van der Waals surface area contributed by atoms with E-state index in [4.69, 9.17) is 4.74 Å². The quantitative estimate of drug-likeness (QED) is 0.283. The van der Waals surface area contributed by atoms with Crippen molar-refractivity contribution in [2.45, 2.75) is 6.92 Å². The van der Waals surface area contributed by atoms with E-state index in [0.717, 1.165) is 11.8 Å². The maximum absolute atomic E-state index is 12.6. The molecule has 0 aliphatic carbocycles. The number of benzene rings is 2. The molecule has 8 nitrogen and oxygen atoms in total. The third-order valence-corrected chi connectivity index (χ3v) is 5.12. The van der Waals surface area contributed by atoms with Gasteiger partial charge in [0.1, 0.15) is 12.3 Å². The summed E-state index contributed by atoms with van der Waals surface area (Å²) in [6.07, 6.45) is 1.07. The first-order valence-corrected chi connectivity index (χ1v) is 11.7. The van der Waals surface area contributed by atoms with Crippen LogP contribution in [0, 0.1) is 6.92 Å². The van der Waals surface area contributed by atoms with Crippen LogP contribution in [0.3, 0.4) is 0 Å². The number of hydrogen-bond donors (Lipinski definition) is 2. The summed E-state index contributed by atoms with van der Waals surface area (Å²) in [4.78, 5) is 24.6. The van der Waals surface area contributed by atoms with Crippen LogP contribution < -0.4 is 31.8 Å². The predicted octanol–water partition coefficient (Wildman–Crippen LogP) is -1.18. The molecule has 176 valence electrons. The number of sulfonamides is 1. The van der Waals surface area contributed by atoms with Gasteiger partial charge in [0.25, 0.3) is 5.91 Å². The Hall–Kier alpha value is -2.43. The van der Waals surface area contributed by atoms with E-state index in [0.29, 0.717) is 34.6 Å². The molecule has 0 aliphatic heterocycles. The van der Waals surface area contributed by atoms with Crippen LogP contribution >= 0.6 is 0 Å². The highest BCUT2D eigenvalue weighted by Gasteiger charge is 2.21. The third-order valence-electron chi connectivity index (χ3n) is 4.51. The molecule has 2 N–H and O–H groups in total. The van der Waals surface area contributed by atoms with Gasteiger partial charge in [-0.05, 0) is 43.3 Å². The highest BCUT2D eigenvalue weighted by atomic mass is 79.9. The van der Waals surface area contributed by atoms with Crippen molar-refractivity contribution in [2.75, 3.05) is 51.3 Å². The number of aryl methyl sites for hydroxylation is 1. The second kappa shape index (κ2) is 12.0. The maximum Gasteiger partial charge on any atom is 0.258 e. The molecule has 2 aromatic carbocycles. The van der Waals surface area contributed by atoms with E-state index < -0.39 is 10.0 Å². The molecule has 0 unspecified atom stereocenters. The first-order valence-electron chi connectivity index (χ1n) is 9.83. The van der Waals surface area contributed by atoms with Gasteiger partial charge in [-0.2, -0.15) is 0 Å². The predicted molar refractivity (Wildman–Crippen MR) is 121 cm³/mol. The number of carbonyl (C=O) groups excluding carboxylic acids is 2. The van der Waals surface area contributed by atoms with E-state index in [1.807, 2.05) is 45.3 Å². The molecule has 10 heteroatoms. The lowest BCUT2D eigenvalue weighted by atomic mass is 10.1. The van der Waals surface area contributed by atoms with Gasteiger partial charge in [0.15, 0.2) is 6.61 Å². The van der Waals surface area contributed by atoms with Crippen molar-refractivity contribution in [1.82, 2.24) is 5.32 Å². The number of likely N-dealkylation sites (N-methyl/N-ethyl adjacent to an activating group) is 1. The monoisotopic (exact) mass is 527 g/mol. The molecule has 1 amide bonds. The Bertz CT molecular complexity index is 1010. The average Bonchev–Trinajstić information content (AvgIpc) is 2.66. The Morgan fingerprint density at radius 1 is 1.00 bits per heavy atom. The van der Waals surface area contributed by atoms with Crippen molar-refractivity contribution in [2.24, 2.45) is 0 Å². The molecule has 0 heterocycles. The zero-order valence-corrected chi connectivity index (χ0v) is 21.1. The number of anilines is 1. The number of carbonyl (C=O) groups is 2. The Labute approximate surface area is 200 Å². The van der Waals surface area contributed by atoms with E-state index >= 15 is 0 Å². The van der Waals surface area contributed by atoms with Crippen LogP contribution in [0.4, 0.5) is 5.69 Å². The highest BCUT2D eigenvalue weighted by molar-refractivity contribution is 7.92. The number of rotatable bonds is 11. The van der Waals surface area contributed by atoms with Crippen LogP contribution in [0.2, 0.25) is 0 Å². The van der Waals surface area contributed by atoms with E-state index in [1.54, 1.807) is 24.3 Å². The van der Waals surface area contributed by atoms with E-state index in [1.165, 1.54) is 0 Å². The number of ketones is 1. The summed E-state index contributed by atoms with van der Waals surface area (Å²) in [5.74, 6) is 0.353. The molecule has 0 bridgehead atoms. The first kappa shape index (κ1) is 27.6. The van der Waals surface area contributed by atoms with Gasteiger partial charge in [-0.1, -0.05) is 17.7 Å². The van der Waals surface area contributed by atoms with Crippen LogP contribution in [0.1, 0.15) is 15.9 Å². The van der Waals surface area contributed by atoms with Crippen molar-refractivity contribution < 1.29 is 44.2 Å². The average molecular weight is 528 g/mol. The van der Waals surface area contributed by atoms with Gasteiger partial charge in [-0.3, -0.25) is 14.3 Å². The largest absolute Gasteiger partial charge is 1.00 e. The van der Waals surface area contributed by atoms with Crippen molar-refractivity contribution >= 4 is 27.4 Å². The maximum atomic E-state index is 12.6. The van der Waals surface area contributed by atoms with Crippen molar-refractivity contribution in [1.29, 1.82) is 0 Å². The lowest BCUT2D eigenvalue weighted by Gasteiger charge is -2.29. The van der Waals surface area contributed by atoms with Crippen LogP contribution in [0.15, 0.2) is 48.5 Å².